The minimum atomic E-state index is 0.170. The molecular formula is C8H12N2O2. The molecule has 1 rings (SSSR count). The Morgan fingerprint density at radius 1 is 1.50 bits per heavy atom. The first-order chi connectivity index (χ1) is 5.65. The lowest BCUT2D eigenvalue weighted by atomic mass is 10.2. The fourth-order valence-corrected chi connectivity index (χ4v) is 0.903. The van der Waals surface area contributed by atoms with Crippen molar-refractivity contribution in [1.82, 2.24) is 0 Å². The highest BCUT2D eigenvalue weighted by Gasteiger charge is 2.04. The van der Waals surface area contributed by atoms with Crippen LogP contribution in [-0.2, 0) is 4.84 Å². The predicted octanol–water partition coefficient (Wildman–Crippen LogP) is 0.972. The van der Waals surface area contributed by atoms with Crippen LogP contribution in [0.1, 0.15) is 0 Å². The van der Waals surface area contributed by atoms with E-state index in [4.69, 9.17) is 15.7 Å². The highest BCUT2D eigenvalue weighted by molar-refractivity contribution is 5.67. The van der Waals surface area contributed by atoms with Crippen LogP contribution >= 0.6 is 0 Å². The van der Waals surface area contributed by atoms with Gasteiger partial charge in [-0.3, -0.25) is 9.90 Å². The van der Waals surface area contributed by atoms with E-state index in [-0.39, 0.29) is 5.75 Å². The van der Waals surface area contributed by atoms with Crippen molar-refractivity contribution < 1.29 is 9.94 Å². The van der Waals surface area contributed by atoms with Crippen molar-refractivity contribution in [1.29, 1.82) is 0 Å². The van der Waals surface area contributed by atoms with Gasteiger partial charge >= 0.3 is 0 Å². The molecule has 0 aliphatic heterocycles. The molecular weight excluding hydrogens is 156 g/mol. The highest BCUT2D eigenvalue weighted by atomic mass is 16.7. The first-order valence-electron chi connectivity index (χ1n) is 3.51. The molecule has 0 aliphatic rings. The Balaban J connectivity index is 3.04. The van der Waals surface area contributed by atoms with Gasteiger partial charge in [-0.15, -0.1) is 0 Å². The van der Waals surface area contributed by atoms with Gasteiger partial charge < -0.3 is 10.8 Å². The van der Waals surface area contributed by atoms with Crippen LogP contribution in [0.2, 0.25) is 0 Å². The van der Waals surface area contributed by atoms with Gasteiger partial charge in [-0.1, -0.05) is 0 Å². The van der Waals surface area contributed by atoms with E-state index in [1.54, 1.807) is 19.2 Å². The second-order valence-electron chi connectivity index (χ2n) is 2.42. The maximum atomic E-state index is 9.14. The lowest BCUT2D eigenvalue weighted by Crippen LogP contribution is -2.16. The standard InChI is InChI=1S/C8H12N2O2/c1-10(12-2)8-5-6(11)3-4-7(8)9/h3-5,11H,9H2,1-2H3. The average molecular weight is 168 g/mol. The summed E-state index contributed by atoms with van der Waals surface area (Å²) in [5.74, 6) is 0.170. The summed E-state index contributed by atoms with van der Waals surface area (Å²) in [5.41, 5.74) is 6.85. The average Bonchev–Trinajstić information content (AvgIpc) is 2.08. The van der Waals surface area contributed by atoms with Crippen molar-refractivity contribution in [3.05, 3.63) is 18.2 Å². The fourth-order valence-electron chi connectivity index (χ4n) is 0.903. The number of nitrogens with two attached hydrogens (primary N) is 1. The lowest BCUT2D eigenvalue weighted by molar-refractivity contribution is 0.185. The molecule has 0 bridgehead atoms. The number of hydrogen-bond acceptors (Lipinski definition) is 4. The maximum absolute atomic E-state index is 9.14. The smallest absolute Gasteiger partial charge is 0.117 e. The third-order valence-corrected chi connectivity index (χ3v) is 1.63. The van der Waals surface area contributed by atoms with Gasteiger partial charge in [0, 0.05) is 13.1 Å². The molecule has 3 N–H and O–H groups in total. The van der Waals surface area contributed by atoms with Crippen LogP contribution in [0.15, 0.2) is 18.2 Å². The quantitative estimate of drug-likeness (QED) is 0.392. The van der Waals surface area contributed by atoms with Crippen molar-refractivity contribution in [3.8, 4) is 5.75 Å². The van der Waals surface area contributed by atoms with Crippen molar-refractivity contribution >= 4 is 11.4 Å². The van der Waals surface area contributed by atoms with E-state index in [1.807, 2.05) is 0 Å². The Labute approximate surface area is 71.1 Å². The van der Waals surface area contributed by atoms with Gasteiger partial charge in [0.1, 0.15) is 5.75 Å². The molecule has 12 heavy (non-hydrogen) atoms. The Morgan fingerprint density at radius 2 is 2.17 bits per heavy atom. The molecule has 0 radical (unpaired) electrons. The van der Waals surface area contributed by atoms with Gasteiger partial charge in [0.15, 0.2) is 0 Å². The SMILES string of the molecule is CON(C)c1cc(O)ccc1N. The van der Waals surface area contributed by atoms with E-state index in [0.29, 0.717) is 11.4 Å². The molecule has 66 valence electrons. The molecule has 0 heterocycles. The molecule has 0 amide bonds. The number of aromatic hydroxyl groups is 1. The number of benzene rings is 1. The second kappa shape index (κ2) is 3.32. The van der Waals surface area contributed by atoms with Gasteiger partial charge in [-0.25, -0.2) is 0 Å². The molecule has 0 atom stereocenters. The summed E-state index contributed by atoms with van der Waals surface area (Å²) in [4.78, 5) is 4.91. The molecule has 0 aromatic heterocycles. The van der Waals surface area contributed by atoms with Crippen molar-refractivity contribution in [3.63, 3.8) is 0 Å². The van der Waals surface area contributed by atoms with E-state index in [9.17, 15) is 0 Å². The third kappa shape index (κ3) is 1.60. The number of phenols is 1. The molecule has 0 aliphatic carbocycles. The number of anilines is 2. The summed E-state index contributed by atoms with van der Waals surface area (Å²) in [6, 6.07) is 4.70. The van der Waals surface area contributed by atoms with Crippen molar-refractivity contribution in [2.24, 2.45) is 0 Å². The first-order valence-corrected chi connectivity index (χ1v) is 3.51. The summed E-state index contributed by atoms with van der Waals surface area (Å²) in [6.07, 6.45) is 0. The number of nitrogen functional groups attached to an aromatic ring is 1. The minimum Gasteiger partial charge on any atom is -0.508 e. The molecule has 1 aromatic rings. The monoisotopic (exact) mass is 168 g/mol. The number of hydrogen-bond donors (Lipinski definition) is 2. The van der Waals surface area contributed by atoms with Crippen molar-refractivity contribution in [2.45, 2.75) is 0 Å². The van der Waals surface area contributed by atoms with E-state index in [2.05, 4.69) is 0 Å². The molecule has 0 fully saturated rings. The fraction of sp³-hybridized carbons (Fsp3) is 0.250. The number of nitrogens with zero attached hydrogens (tertiary/aromatic N) is 1. The largest absolute Gasteiger partial charge is 0.508 e. The van der Waals surface area contributed by atoms with Gasteiger partial charge in [0.2, 0.25) is 0 Å². The molecule has 4 nitrogen and oxygen atoms in total. The predicted molar refractivity (Wildman–Crippen MR) is 47.9 cm³/mol. The van der Waals surface area contributed by atoms with Gasteiger partial charge in [0.25, 0.3) is 0 Å². The summed E-state index contributed by atoms with van der Waals surface area (Å²) in [7, 11) is 3.24. The van der Waals surface area contributed by atoms with Gasteiger partial charge in [-0.05, 0) is 12.1 Å². The van der Waals surface area contributed by atoms with E-state index < -0.39 is 0 Å². The van der Waals surface area contributed by atoms with Crippen LogP contribution < -0.4 is 10.8 Å². The molecule has 0 unspecified atom stereocenters. The molecule has 4 heteroatoms. The highest BCUT2D eigenvalue weighted by Crippen LogP contribution is 2.26. The lowest BCUT2D eigenvalue weighted by Gasteiger charge is -2.17. The number of hydroxylamine groups is 1. The van der Waals surface area contributed by atoms with Gasteiger partial charge in [-0.2, -0.15) is 0 Å². The second-order valence-corrected chi connectivity index (χ2v) is 2.42. The maximum Gasteiger partial charge on any atom is 0.117 e. The summed E-state index contributed by atoms with van der Waals surface area (Å²) < 4.78 is 0. The number of phenolic OH excluding ortho intramolecular Hbond substituents is 1. The third-order valence-electron chi connectivity index (χ3n) is 1.63. The molecule has 0 saturated carbocycles. The topological polar surface area (TPSA) is 58.7 Å². The Bertz CT molecular complexity index is 276. The Kier molecular flexibility index (Phi) is 2.40. The van der Waals surface area contributed by atoms with Crippen molar-refractivity contribution in [2.75, 3.05) is 25.0 Å². The van der Waals surface area contributed by atoms with Crippen LogP contribution in [0.4, 0.5) is 11.4 Å². The zero-order valence-corrected chi connectivity index (χ0v) is 7.11. The normalized spacial score (nSPS) is 9.83. The van der Waals surface area contributed by atoms with Gasteiger partial charge in [0.05, 0.1) is 18.5 Å². The van der Waals surface area contributed by atoms with E-state index >= 15 is 0 Å². The van der Waals surface area contributed by atoms with Crippen LogP contribution in [0, 0.1) is 0 Å². The summed E-state index contributed by atoms with van der Waals surface area (Å²) >= 11 is 0. The van der Waals surface area contributed by atoms with E-state index in [0.717, 1.165) is 0 Å². The Hall–Kier alpha value is -1.42. The zero-order valence-electron chi connectivity index (χ0n) is 7.11. The van der Waals surface area contributed by atoms with Crippen LogP contribution in [0.25, 0.3) is 0 Å². The van der Waals surface area contributed by atoms with Crippen LogP contribution in [-0.4, -0.2) is 19.3 Å². The molecule has 0 saturated heterocycles. The van der Waals surface area contributed by atoms with Crippen LogP contribution in [0.3, 0.4) is 0 Å². The molecule has 0 spiro atoms. The Morgan fingerprint density at radius 3 is 2.75 bits per heavy atom. The molecule has 1 aromatic carbocycles. The van der Waals surface area contributed by atoms with Crippen LogP contribution in [0.5, 0.6) is 5.75 Å². The number of rotatable bonds is 2. The summed E-state index contributed by atoms with van der Waals surface area (Å²) in [6.45, 7) is 0. The first kappa shape index (κ1) is 8.67. The zero-order chi connectivity index (χ0) is 9.14. The summed E-state index contributed by atoms with van der Waals surface area (Å²) in [5, 5.41) is 10.6. The minimum absolute atomic E-state index is 0.170. The van der Waals surface area contributed by atoms with E-state index in [1.165, 1.54) is 18.2 Å².